The lowest BCUT2D eigenvalue weighted by Crippen LogP contribution is -2.50. The topological polar surface area (TPSA) is 141 Å². The number of likely N-dealkylation sites (tertiary alicyclic amines) is 1. The molecule has 1 aliphatic rings. The minimum absolute atomic E-state index is 0.0120. The van der Waals surface area contributed by atoms with Crippen LogP contribution in [0.4, 0.5) is 10.5 Å². The van der Waals surface area contributed by atoms with Crippen LogP contribution in [0.3, 0.4) is 0 Å². The van der Waals surface area contributed by atoms with Crippen LogP contribution in [0.2, 0.25) is 0 Å². The first-order valence-corrected chi connectivity index (χ1v) is 11.5. The van der Waals surface area contributed by atoms with Gasteiger partial charge in [0.2, 0.25) is 5.91 Å². The number of carbonyl (C=O) groups is 2. The number of rotatable bonds is 7. The highest BCUT2D eigenvalue weighted by Crippen LogP contribution is 2.36. The van der Waals surface area contributed by atoms with Gasteiger partial charge in [-0.3, -0.25) is 14.9 Å². The van der Waals surface area contributed by atoms with Crippen LogP contribution < -0.4 is 5.32 Å². The zero-order valence-corrected chi connectivity index (χ0v) is 19.5. The Kier molecular flexibility index (Phi) is 6.81. The van der Waals surface area contributed by atoms with Gasteiger partial charge in [0.15, 0.2) is 0 Å². The van der Waals surface area contributed by atoms with Gasteiger partial charge >= 0.3 is 6.09 Å². The van der Waals surface area contributed by atoms with Gasteiger partial charge in [0, 0.05) is 18.2 Å². The molecule has 4 rings (SSSR count). The smallest absolute Gasteiger partial charge is 0.405 e. The molecule has 1 saturated heterocycles. The number of aromatic amines is 1. The second kappa shape index (κ2) is 9.96. The second-order valence-corrected chi connectivity index (χ2v) is 8.90. The van der Waals surface area contributed by atoms with Gasteiger partial charge in [0.05, 0.1) is 28.4 Å². The van der Waals surface area contributed by atoms with E-state index in [0.717, 1.165) is 17.5 Å². The minimum atomic E-state index is -1.24. The number of nitrogens with one attached hydrogen (secondary N) is 2. The first-order valence-electron chi connectivity index (χ1n) is 11.5. The van der Waals surface area contributed by atoms with E-state index in [9.17, 15) is 19.7 Å². The van der Waals surface area contributed by atoms with E-state index >= 15 is 0 Å². The summed E-state index contributed by atoms with van der Waals surface area (Å²) in [5, 5.41) is 23.1. The first-order chi connectivity index (χ1) is 16.8. The molecule has 0 aliphatic carbocycles. The van der Waals surface area contributed by atoms with Crippen LogP contribution in [0.15, 0.2) is 54.7 Å². The Morgan fingerprint density at radius 3 is 2.60 bits per heavy atom. The van der Waals surface area contributed by atoms with Crippen molar-refractivity contribution < 1.29 is 19.6 Å². The highest BCUT2D eigenvalue weighted by Gasteiger charge is 2.37. The fourth-order valence-electron chi connectivity index (χ4n) is 4.50. The lowest BCUT2D eigenvalue weighted by molar-refractivity contribution is -0.384. The summed E-state index contributed by atoms with van der Waals surface area (Å²) in [6, 6.07) is 12.9. The molecule has 2 aromatic carbocycles. The molecule has 2 atom stereocenters. The van der Waals surface area contributed by atoms with Crippen LogP contribution in [0.25, 0.3) is 22.4 Å². The molecule has 3 aromatic rings. The maximum atomic E-state index is 13.2. The Labute approximate surface area is 202 Å². The van der Waals surface area contributed by atoms with E-state index < -0.39 is 17.1 Å². The summed E-state index contributed by atoms with van der Waals surface area (Å²) in [5.41, 5.74) is 2.66. The average Bonchev–Trinajstić information content (AvgIpc) is 3.52. The predicted octanol–water partition coefficient (Wildman–Crippen LogP) is 4.61. The number of aromatic nitrogens is 2. The molecule has 0 saturated carbocycles. The van der Waals surface area contributed by atoms with Crippen LogP contribution in [0, 0.1) is 16.0 Å². The standard InChI is InChI=1S/C25H27N5O5/c1-15(2)22(28-25(32)33)24(31)29-12-6-9-21(29)23-26-14-19(27-23)17-10-11-20(30(34)35)18(13-17)16-7-4-3-5-8-16/h3-5,7-8,10-11,13-15,21-22,28H,6,9,12H2,1-2H3,(H,26,27)(H,32,33)/t21-,22-/m0/s1. The molecule has 1 fully saturated rings. The van der Waals surface area contributed by atoms with E-state index in [4.69, 9.17) is 5.11 Å². The number of carboxylic acid groups (broad SMARTS) is 1. The Balaban J connectivity index is 1.63. The molecular weight excluding hydrogens is 450 g/mol. The number of benzene rings is 2. The van der Waals surface area contributed by atoms with Gasteiger partial charge in [-0.15, -0.1) is 0 Å². The largest absolute Gasteiger partial charge is 0.465 e. The van der Waals surface area contributed by atoms with Crippen LogP contribution in [-0.4, -0.2) is 49.5 Å². The van der Waals surface area contributed by atoms with Crippen LogP contribution >= 0.6 is 0 Å². The third-order valence-corrected chi connectivity index (χ3v) is 6.25. The van der Waals surface area contributed by atoms with Crippen LogP contribution in [0.5, 0.6) is 0 Å². The van der Waals surface area contributed by atoms with E-state index in [2.05, 4.69) is 15.3 Å². The maximum Gasteiger partial charge on any atom is 0.405 e. The molecule has 1 aromatic heterocycles. The lowest BCUT2D eigenvalue weighted by atomic mass is 10.00. The highest BCUT2D eigenvalue weighted by molar-refractivity contribution is 5.86. The molecule has 0 bridgehead atoms. The van der Waals surface area contributed by atoms with Crippen molar-refractivity contribution in [3.05, 3.63) is 70.7 Å². The highest BCUT2D eigenvalue weighted by atomic mass is 16.6. The third kappa shape index (κ3) is 5.01. The minimum Gasteiger partial charge on any atom is -0.465 e. The monoisotopic (exact) mass is 477 g/mol. The number of nitrogens with zero attached hydrogens (tertiary/aromatic N) is 3. The van der Waals surface area contributed by atoms with Crippen LogP contribution in [-0.2, 0) is 4.79 Å². The molecule has 0 radical (unpaired) electrons. The molecule has 10 heteroatoms. The maximum absolute atomic E-state index is 13.2. The first kappa shape index (κ1) is 23.9. The summed E-state index contributed by atoms with van der Waals surface area (Å²) in [4.78, 5) is 45.0. The fourth-order valence-corrected chi connectivity index (χ4v) is 4.50. The Bertz CT molecular complexity index is 1240. The van der Waals surface area contributed by atoms with E-state index in [0.29, 0.717) is 30.0 Å². The SMILES string of the molecule is CC(C)[C@H](NC(=O)O)C(=O)N1CCC[C@H]1c1ncc(-c2ccc([N+](=O)[O-])c(-c3ccccc3)c2)[nH]1. The number of hydrogen-bond acceptors (Lipinski definition) is 5. The van der Waals surface area contributed by atoms with Gasteiger partial charge in [-0.1, -0.05) is 44.2 Å². The van der Waals surface area contributed by atoms with Crippen molar-refractivity contribution in [1.82, 2.24) is 20.2 Å². The summed E-state index contributed by atoms with van der Waals surface area (Å²) >= 11 is 0. The third-order valence-electron chi connectivity index (χ3n) is 6.25. The van der Waals surface area contributed by atoms with Crippen LogP contribution in [0.1, 0.15) is 38.6 Å². The molecule has 2 amide bonds. The molecule has 3 N–H and O–H groups in total. The number of hydrogen-bond donors (Lipinski definition) is 3. The van der Waals surface area contributed by atoms with E-state index in [1.165, 1.54) is 6.07 Å². The predicted molar refractivity (Wildman–Crippen MR) is 130 cm³/mol. The molecular formula is C25H27N5O5. The van der Waals surface area contributed by atoms with Crippen molar-refractivity contribution in [2.75, 3.05) is 6.54 Å². The van der Waals surface area contributed by atoms with E-state index in [1.54, 1.807) is 37.1 Å². The van der Waals surface area contributed by atoms with Gasteiger partial charge in [-0.05, 0) is 36.5 Å². The van der Waals surface area contributed by atoms with E-state index in [-0.39, 0.29) is 23.6 Å². The number of amides is 2. The van der Waals surface area contributed by atoms with Gasteiger partial charge in [-0.25, -0.2) is 9.78 Å². The average molecular weight is 478 g/mol. The van der Waals surface area contributed by atoms with Crippen molar-refractivity contribution in [2.45, 2.75) is 38.8 Å². The Morgan fingerprint density at radius 2 is 1.94 bits per heavy atom. The summed E-state index contributed by atoms with van der Waals surface area (Å²) in [5.74, 6) is 0.122. The van der Waals surface area contributed by atoms with Gasteiger partial charge in [0.25, 0.3) is 5.69 Å². The zero-order chi connectivity index (χ0) is 25.1. The Morgan fingerprint density at radius 1 is 1.20 bits per heavy atom. The fraction of sp³-hybridized carbons (Fsp3) is 0.320. The van der Waals surface area contributed by atoms with Crippen molar-refractivity contribution in [3.8, 4) is 22.4 Å². The lowest BCUT2D eigenvalue weighted by Gasteiger charge is -2.29. The van der Waals surface area contributed by atoms with Gasteiger partial charge < -0.3 is 20.3 Å². The van der Waals surface area contributed by atoms with Crippen molar-refractivity contribution in [3.63, 3.8) is 0 Å². The summed E-state index contributed by atoms with van der Waals surface area (Å²) < 4.78 is 0. The molecule has 182 valence electrons. The molecule has 35 heavy (non-hydrogen) atoms. The molecule has 0 unspecified atom stereocenters. The number of nitro benzene ring substituents is 1. The number of nitro groups is 1. The van der Waals surface area contributed by atoms with E-state index in [1.807, 2.05) is 30.3 Å². The van der Waals surface area contributed by atoms with Gasteiger partial charge in [-0.2, -0.15) is 0 Å². The molecule has 0 spiro atoms. The molecule has 1 aliphatic heterocycles. The molecule has 2 heterocycles. The summed E-state index contributed by atoms with van der Waals surface area (Å²) in [6.07, 6.45) is 1.90. The second-order valence-electron chi connectivity index (χ2n) is 8.90. The number of H-pyrrole nitrogens is 1. The van der Waals surface area contributed by atoms with Crippen molar-refractivity contribution in [2.24, 2.45) is 5.92 Å². The summed E-state index contributed by atoms with van der Waals surface area (Å²) in [6.45, 7) is 4.11. The zero-order valence-electron chi connectivity index (χ0n) is 19.5. The summed E-state index contributed by atoms with van der Waals surface area (Å²) in [7, 11) is 0. The normalized spacial score (nSPS) is 16.3. The molecule has 10 nitrogen and oxygen atoms in total. The van der Waals surface area contributed by atoms with Gasteiger partial charge in [0.1, 0.15) is 11.9 Å². The van der Waals surface area contributed by atoms with Crippen molar-refractivity contribution >= 4 is 17.7 Å². The number of carbonyl (C=O) groups excluding carboxylic acids is 1. The van der Waals surface area contributed by atoms with Crippen molar-refractivity contribution in [1.29, 1.82) is 0 Å². The number of imidazole rings is 1. The Hall–Kier alpha value is -4.21. The quantitative estimate of drug-likeness (QED) is 0.335.